The molecule has 0 heterocycles. The molecule has 1 aromatic rings. The van der Waals surface area contributed by atoms with Crippen LogP contribution in [0, 0.1) is 5.82 Å². The number of likely N-dealkylation sites (N-methyl/N-ethyl adjacent to an activating group) is 1. The molecule has 128 valence electrons. The minimum Gasteiger partial charge on any atom is -0.480 e. The molecule has 1 aromatic carbocycles. The van der Waals surface area contributed by atoms with Crippen molar-refractivity contribution in [2.24, 2.45) is 0 Å². The molecule has 1 fully saturated rings. The van der Waals surface area contributed by atoms with Crippen molar-refractivity contribution < 1.29 is 22.7 Å². The predicted octanol–water partition coefficient (Wildman–Crippen LogP) is 1.69. The van der Waals surface area contributed by atoms with Crippen molar-refractivity contribution in [3.8, 4) is 0 Å². The van der Waals surface area contributed by atoms with Crippen LogP contribution in [-0.4, -0.2) is 49.6 Å². The molecule has 23 heavy (non-hydrogen) atoms. The number of sulfonamides is 1. The van der Waals surface area contributed by atoms with Crippen LogP contribution in [0.1, 0.15) is 19.8 Å². The zero-order chi connectivity index (χ0) is 17.2. The normalized spacial score (nSPS) is 21.2. The van der Waals surface area contributed by atoms with Gasteiger partial charge in [0.2, 0.25) is 10.0 Å². The van der Waals surface area contributed by atoms with Gasteiger partial charge in [0.15, 0.2) is 0 Å². The van der Waals surface area contributed by atoms with Crippen LogP contribution in [0.25, 0.3) is 0 Å². The Morgan fingerprint density at radius 2 is 2.13 bits per heavy atom. The zero-order valence-corrected chi connectivity index (χ0v) is 14.1. The summed E-state index contributed by atoms with van der Waals surface area (Å²) in [5.41, 5.74) is 0. The quantitative estimate of drug-likeness (QED) is 0.769. The van der Waals surface area contributed by atoms with Gasteiger partial charge in [-0.1, -0.05) is 18.5 Å². The van der Waals surface area contributed by atoms with E-state index < -0.39 is 21.8 Å². The fourth-order valence-corrected chi connectivity index (χ4v) is 4.42. The number of benzene rings is 1. The molecule has 0 aliphatic heterocycles. The van der Waals surface area contributed by atoms with Crippen molar-refractivity contribution >= 4 is 27.6 Å². The molecule has 0 spiro atoms. The molecule has 0 saturated heterocycles. The minimum absolute atomic E-state index is 0.0347. The first-order valence-corrected chi connectivity index (χ1v) is 9.02. The van der Waals surface area contributed by atoms with E-state index in [1.807, 2.05) is 6.92 Å². The van der Waals surface area contributed by atoms with Crippen LogP contribution in [0.3, 0.4) is 0 Å². The van der Waals surface area contributed by atoms with E-state index in [4.69, 9.17) is 16.7 Å². The van der Waals surface area contributed by atoms with Crippen molar-refractivity contribution in [2.75, 3.05) is 13.1 Å². The summed E-state index contributed by atoms with van der Waals surface area (Å²) in [6, 6.07) is 2.86. The molecule has 1 aliphatic rings. The van der Waals surface area contributed by atoms with Gasteiger partial charge in [-0.05, 0) is 37.6 Å². The third-order valence-corrected chi connectivity index (χ3v) is 5.88. The van der Waals surface area contributed by atoms with Crippen LogP contribution < -0.4 is 4.72 Å². The van der Waals surface area contributed by atoms with Crippen LogP contribution in [0.2, 0.25) is 5.02 Å². The molecular formula is C14H18ClFN2O4S. The van der Waals surface area contributed by atoms with Gasteiger partial charge in [0.1, 0.15) is 10.7 Å². The molecule has 1 aliphatic carbocycles. The van der Waals surface area contributed by atoms with Gasteiger partial charge in [-0.15, -0.1) is 0 Å². The topological polar surface area (TPSA) is 86.7 Å². The van der Waals surface area contributed by atoms with Gasteiger partial charge in [-0.3, -0.25) is 9.69 Å². The fourth-order valence-electron chi connectivity index (χ4n) is 2.63. The van der Waals surface area contributed by atoms with Crippen LogP contribution in [0.4, 0.5) is 4.39 Å². The third-order valence-electron chi connectivity index (χ3n) is 3.88. The summed E-state index contributed by atoms with van der Waals surface area (Å²) in [4.78, 5) is 12.4. The number of halogens is 2. The summed E-state index contributed by atoms with van der Waals surface area (Å²) in [7, 11) is -3.83. The van der Waals surface area contributed by atoms with Crippen LogP contribution in [-0.2, 0) is 14.8 Å². The van der Waals surface area contributed by atoms with Crippen molar-refractivity contribution in [3.05, 3.63) is 29.0 Å². The van der Waals surface area contributed by atoms with E-state index in [0.717, 1.165) is 18.2 Å². The van der Waals surface area contributed by atoms with Crippen molar-refractivity contribution in [1.29, 1.82) is 0 Å². The predicted molar refractivity (Wildman–Crippen MR) is 83.4 cm³/mol. The van der Waals surface area contributed by atoms with E-state index in [-0.39, 0.29) is 28.5 Å². The van der Waals surface area contributed by atoms with Crippen LogP contribution in [0.5, 0.6) is 0 Å². The summed E-state index contributed by atoms with van der Waals surface area (Å²) >= 11 is 5.78. The largest absolute Gasteiger partial charge is 0.480 e. The average molecular weight is 365 g/mol. The first-order chi connectivity index (χ1) is 10.7. The Kier molecular flexibility index (Phi) is 5.61. The van der Waals surface area contributed by atoms with E-state index in [9.17, 15) is 17.6 Å². The smallest absolute Gasteiger partial charge is 0.317 e. The number of rotatable bonds is 7. The molecule has 6 nitrogen and oxygen atoms in total. The Morgan fingerprint density at radius 1 is 1.48 bits per heavy atom. The van der Waals surface area contributed by atoms with E-state index in [1.165, 1.54) is 0 Å². The number of carbonyl (C=O) groups is 1. The van der Waals surface area contributed by atoms with Crippen LogP contribution in [0.15, 0.2) is 23.1 Å². The number of aliphatic carboxylic acids is 1. The first-order valence-electron chi connectivity index (χ1n) is 7.16. The molecule has 0 radical (unpaired) electrons. The molecule has 0 atom stereocenters. The zero-order valence-electron chi connectivity index (χ0n) is 12.5. The van der Waals surface area contributed by atoms with Gasteiger partial charge in [0, 0.05) is 12.1 Å². The summed E-state index contributed by atoms with van der Waals surface area (Å²) in [5.74, 6) is -1.51. The number of carboxylic acids is 1. The summed E-state index contributed by atoms with van der Waals surface area (Å²) in [6.45, 7) is 2.38. The highest BCUT2D eigenvalue weighted by Crippen LogP contribution is 2.28. The molecular weight excluding hydrogens is 347 g/mol. The molecule has 9 heteroatoms. The Morgan fingerprint density at radius 3 is 2.65 bits per heavy atom. The van der Waals surface area contributed by atoms with Gasteiger partial charge in [-0.2, -0.15) is 0 Å². The lowest BCUT2D eigenvalue weighted by molar-refractivity contribution is -0.139. The maximum atomic E-state index is 13.0. The third kappa shape index (κ3) is 4.41. The SMILES string of the molecule is CCN(CC(=O)O)C1CC(NS(=O)(=O)c2ccc(F)cc2Cl)C1. The average Bonchev–Trinajstić information content (AvgIpc) is 2.39. The number of hydrogen-bond acceptors (Lipinski definition) is 4. The van der Waals surface area contributed by atoms with Gasteiger partial charge < -0.3 is 5.11 Å². The number of hydrogen-bond donors (Lipinski definition) is 2. The molecule has 1 saturated carbocycles. The maximum absolute atomic E-state index is 13.0. The van der Waals surface area contributed by atoms with Gasteiger partial charge in [0.25, 0.3) is 0 Å². The molecule has 0 aromatic heterocycles. The van der Waals surface area contributed by atoms with Gasteiger partial charge in [-0.25, -0.2) is 17.5 Å². The van der Waals surface area contributed by atoms with E-state index in [2.05, 4.69) is 4.72 Å². The number of carboxylic acid groups (broad SMARTS) is 1. The second-order valence-electron chi connectivity index (χ2n) is 5.48. The lowest BCUT2D eigenvalue weighted by atomic mass is 9.86. The Hall–Kier alpha value is -1.22. The number of nitrogens with zero attached hydrogens (tertiary/aromatic N) is 1. The highest BCUT2D eigenvalue weighted by molar-refractivity contribution is 7.89. The van der Waals surface area contributed by atoms with E-state index in [0.29, 0.717) is 19.4 Å². The molecule has 2 rings (SSSR count). The lowest BCUT2D eigenvalue weighted by Gasteiger charge is -2.42. The second-order valence-corrected chi connectivity index (χ2v) is 7.56. The molecule has 0 amide bonds. The lowest BCUT2D eigenvalue weighted by Crippen LogP contribution is -2.54. The van der Waals surface area contributed by atoms with Crippen molar-refractivity contribution in [1.82, 2.24) is 9.62 Å². The molecule has 0 unspecified atom stereocenters. The standard InChI is InChI=1S/C14H18ClFN2O4S/c1-2-18(8-14(19)20)11-6-10(7-11)17-23(21,22)13-4-3-9(16)5-12(13)15/h3-5,10-11,17H,2,6-8H2,1H3,(H,19,20). The Labute approximate surface area is 139 Å². The second kappa shape index (κ2) is 7.12. The van der Waals surface area contributed by atoms with Gasteiger partial charge in [0.05, 0.1) is 11.6 Å². The maximum Gasteiger partial charge on any atom is 0.317 e. The first kappa shape index (κ1) is 18.1. The minimum atomic E-state index is -3.83. The highest BCUT2D eigenvalue weighted by Gasteiger charge is 2.36. The summed E-state index contributed by atoms with van der Waals surface area (Å²) in [5, 5.41) is 8.67. The van der Waals surface area contributed by atoms with Gasteiger partial charge >= 0.3 is 5.97 Å². The van der Waals surface area contributed by atoms with Crippen molar-refractivity contribution in [3.63, 3.8) is 0 Å². The Bertz CT molecular complexity index is 692. The molecule has 0 bridgehead atoms. The Balaban J connectivity index is 1.97. The van der Waals surface area contributed by atoms with E-state index >= 15 is 0 Å². The fraction of sp³-hybridized carbons (Fsp3) is 0.500. The van der Waals surface area contributed by atoms with Crippen LogP contribution >= 0.6 is 11.6 Å². The number of nitrogens with one attached hydrogen (secondary N) is 1. The molecule has 2 N–H and O–H groups in total. The highest BCUT2D eigenvalue weighted by atomic mass is 35.5. The summed E-state index contributed by atoms with van der Waals surface area (Å²) in [6.07, 6.45) is 1.05. The van der Waals surface area contributed by atoms with Crippen molar-refractivity contribution in [2.45, 2.75) is 36.7 Å². The summed E-state index contributed by atoms with van der Waals surface area (Å²) < 4.78 is 40.1. The van der Waals surface area contributed by atoms with E-state index in [1.54, 1.807) is 4.90 Å². The monoisotopic (exact) mass is 364 g/mol.